The van der Waals surface area contributed by atoms with Crippen LogP contribution in [-0.4, -0.2) is 22.1 Å². The summed E-state index contributed by atoms with van der Waals surface area (Å²) in [5.41, 5.74) is 0.737. The molecule has 0 spiro atoms. The molecule has 18 heavy (non-hydrogen) atoms. The van der Waals surface area contributed by atoms with Gasteiger partial charge in [0.25, 0.3) is 5.56 Å². The van der Waals surface area contributed by atoms with Crippen molar-refractivity contribution in [2.24, 2.45) is 10.1 Å². The van der Waals surface area contributed by atoms with Gasteiger partial charge in [0.2, 0.25) is 0 Å². The Labute approximate surface area is 102 Å². The Bertz CT molecular complexity index is 751. The molecule has 0 saturated heterocycles. The molecule has 0 bridgehead atoms. The van der Waals surface area contributed by atoms with Gasteiger partial charge in [-0.05, 0) is 10.8 Å². The van der Waals surface area contributed by atoms with Crippen LogP contribution in [-0.2, 0) is 0 Å². The maximum Gasteiger partial charge on any atom is 0.272 e. The third kappa shape index (κ3) is 1.57. The minimum atomic E-state index is -0.358. The van der Waals surface area contributed by atoms with E-state index < -0.39 is 0 Å². The van der Waals surface area contributed by atoms with E-state index in [0.29, 0.717) is 23.5 Å². The summed E-state index contributed by atoms with van der Waals surface area (Å²) in [6.45, 7) is 0. The summed E-state index contributed by atoms with van der Waals surface area (Å²) < 4.78 is 0. The van der Waals surface area contributed by atoms with Gasteiger partial charge in [-0.2, -0.15) is 4.98 Å². The van der Waals surface area contributed by atoms with E-state index in [1.807, 2.05) is 24.3 Å². The van der Waals surface area contributed by atoms with Crippen LogP contribution in [0.4, 0.5) is 5.82 Å². The van der Waals surface area contributed by atoms with E-state index in [0.717, 1.165) is 10.8 Å². The summed E-state index contributed by atoms with van der Waals surface area (Å²) in [6.07, 6.45) is 2.01. The van der Waals surface area contributed by atoms with Gasteiger partial charge in [0.05, 0.1) is 11.3 Å². The van der Waals surface area contributed by atoms with Crippen molar-refractivity contribution in [1.29, 1.82) is 0 Å². The highest BCUT2D eigenvalue weighted by Crippen LogP contribution is 2.27. The molecule has 5 heteroatoms. The van der Waals surface area contributed by atoms with Gasteiger partial charge in [-0.25, -0.2) is 4.99 Å². The second-order valence-electron chi connectivity index (χ2n) is 3.94. The van der Waals surface area contributed by atoms with Crippen LogP contribution >= 0.6 is 0 Å². The van der Waals surface area contributed by atoms with E-state index in [-0.39, 0.29) is 5.56 Å². The third-order valence-corrected chi connectivity index (χ3v) is 2.86. The number of benzene rings is 1. The van der Waals surface area contributed by atoms with Crippen molar-refractivity contribution in [3.8, 4) is 0 Å². The van der Waals surface area contributed by atoms with Crippen molar-refractivity contribution in [3.63, 3.8) is 0 Å². The summed E-state index contributed by atoms with van der Waals surface area (Å²) in [4.78, 5) is 19.7. The third-order valence-electron chi connectivity index (χ3n) is 2.86. The lowest BCUT2D eigenvalue weighted by Crippen LogP contribution is -2.08. The molecule has 0 atom stereocenters. The Kier molecular flexibility index (Phi) is 2.37. The van der Waals surface area contributed by atoms with Crippen LogP contribution in [0.5, 0.6) is 0 Å². The Hall–Kier alpha value is -2.56. The van der Waals surface area contributed by atoms with Crippen LogP contribution in [0.2, 0.25) is 0 Å². The predicted molar refractivity (Wildman–Crippen MR) is 69.1 cm³/mol. The maximum absolute atomic E-state index is 11.7. The Morgan fingerprint density at radius 1 is 1.28 bits per heavy atom. The molecule has 0 amide bonds. The van der Waals surface area contributed by atoms with E-state index in [1.54, 1.807) is 6.21 Å². The highest BCUT2D eigenvalue weighted by Gasteiger charge is 2.17. The summed E-state index contributed by atoms with van der Waals surface area (Å²) >= 11 is 0. The monoisotopic (exact) mass is 239 g/mol. The average Bonchev–Trinajstić information content (AvgIpc) is 2.53. The summed E-state index contributed by atoms with van der Waals surface area (Å²) in [6, 6.07) is 8.85. The van der Waals surface area contributed by atoms with Crippen molar-refractivity contribution < 1.29 is 5.21 Å². The summed E-state index contributed by atoms with van der Waals surface area (Å²) in [5.74, 6) is 0.306. The van der Waals surface area contributed by atoms with Crippen molar-refractivity contribution in [3.05, 3.63) is 46.2 Å². The van der Waals surface area contributed by atoms with Gasteiger partial charge in [0.1, 0.15) is 0 Å². The van der Waals surface area contributed by atoms with Crippen LogP contribution < -0.4 is 5.56 Å². The van der Waals surface area contributed by atoms with Gasteiger partial charge in [-0.15, -0.1) is 0 Å². The first-order chi connectivity index (χ1) is 8.79. The number of oxime groups is 1. The van der Waals surface area contributed by atoms with Crippen LogP contribution in [0.3, 0.4) is 0 Å². The standard InChI is InChI=1S/C13H9N3O2/c17-11-7-8-3-1-2-4-9(8)12-10(16-18)5-6-14-13(12)15-11/h1-4,6-7,18H,5H2. The number of hydrogen-bond donors (Lipinski definition) is 1. The molecule has 1 aliphatic rings. The Morgan fingerprint density at radius 3 is 2.94 bits per heavy atom. The lowest BCUT2D eigenvalue weighted by molar-refractivity contribution is 0.318. The largest absolute Gasteiger partial charge is 0.411 e. The summed E-state index contributed by atoms with van der Waals surface area (Å²) in [7, 11) is 0. The topological polar surface area (TPSA) is 74.9 Å². The average molecular weight is 239 g/mol. The quantitative estimate of drug-likeness (QED) is 0.563. The molecule has 2 heterocycles. The van der Waals surface area contributed by atoms with Crippen molar-refractivity contribution in [2.45, 2.75) is 6.42 Å². The second-order valence-corrected chi connectivity index (χ2v) is 3.94. The van der Waals surface area contributed by atoms with Crippen LogP contribution in [0.15, 0.2) is 45.3 Å². The lowest BCUT2D eigenvalue weighted by Gasteiger charge is -2.09. The molecule has 2 aromatic rings. The molecule has 0 saturated carbocycles. The van der Waals surface area contributed by atoms with Crippen molar-refractivity contribution in [2.75, 3.05) is 0 Å². The fourth-order valence-corrected chi connectivity index (χ4v) is 2.09. The predicted octanol–water partition coefficient (Wildman–Crippen LogP) is 1.88. The minimum absolute atomic E-state index is 0.306. The second kappa shape index (κ2) is 4.03. The number of aromatic nitrogens is 1. The van der Waals surface area contributed by atoms with E-state index in [4.69, 9.17) is 5.21 Å². The van der Waals surface area contributed by atoms with E-state index in [1.165, 1.54) is 6.07 Å². The smallest absolute Gasteiger partial charge is 0.272 e. The first kappa shape index (κ1) is 10.6. The molecule has 0 unspecified atom stereocenters. The van der Waals surface area contributed by atoms with Gasteiger partial charge in [-0.1, -0.05) is 29.4 Å². The first-order valence-electron chi connectivity index (χ1n) is 5.47. The maximum atomic E-state index is 11.7. The highest BCUT2D eigenvalue weighted by atomic mass is 16.4. The first-order valence-corrected chi connectivity index (χ1v) is 5.47. The Morgan fingerprint density at radius 2 is 2.11 bits per heavy atom. The lowest BCUT2D eigenvalue weighted by atomic mass is 10.0. The molecule has 5 nitrogen and oxygen atoms in total. The molecule has 3 rings (SSSR count). The molecular formula is C13H9N3O2. The Balaban J connectivity index is 2.57. The van der Waals surface area contributed by atoms with Crippen LogP contribution in [0, 0.1) is 0 Å². The van der Waals surface area contributed by atoms with Crippen molar-refractivity contribution in [1.82, 2.24) is 4.98 Å². The van der Waals surface area contributed by atoms with Gasteiger partial charge in [0, 0.05) is 18.7 Å². The number of hydrogen-bond acceptors (Lipinski definition) is 5. The van der Waals surface area contributed by atoms with E-state index in [2.05, 4.69) is 15.1 Å². The molecule has 1 aromatic carbocycles. The normalized spacial score (nSPS) is 15.9. The van der Waals surface area contributed by atoms with Gasteiger partial charge in [0.15, 0.2) is 5.82 Å². The zero-order chi connectivity index (χ0) is 12.5. The number of nitrogens with zero attached hydrogens (tertiary/aromatic N) is 3. The fourth-order valence-electron chi connectivity index (χ4n) is 2.09. The van der Waals surface area contributed by atoms with Gasteiger partial charge < -0.3 is 5.21 Å². The van der Waals surface area contributed by atoms with Crippen LogP contribution in [0.25, 0.3) is 10.8 Å². The molecule has 1 aliphatic heterocycles. The van der Waals surface area contributed by atoms with Gasteiger partial charge >= 0.3 is 0 Å². The number of rotatable bonds is 0. The molecule has 0 aliphatic carbocycles. The SMILES string of the molecule is O=c1cc2ccccc2c2c(n1)N=CCC2=NO. The fraction of sp³-hybridized carbons (Fsp3) is 0.0769. The number of aliphatic imine (C=N–C) groups is 1. The molecule has 88 valence electrons. The minimum Gasteiger partial charge on any atom is -0.411 e. The van der Waals surface area contributed by atoms with Crippen molar-refractivity contribution >= 4 is 28.5 Å². The summed E-state index contributed by atoms with van der Waals surface area (Å²) in [5, 5.41) is 13.9. The highest BCUT2D eigenvalue weighted by molar-refractivity contribution is 6.19. The van der Waals surface area contributed by atoms with E-state index >= 15 is 0 Å². The molecule has 0 radical (unpaired) electrons. The van der Waals surface area contributed by atoms with Crippen LogP contribution in [0.1, 0.15) is 12.0 Å². The molecular weight excluding hydrogens is 230 g/mol. The van der Waals surface area contributed by atoms with Gasteiger partial charge in [-0.3, -0.25) is 4.79 Å². The molecule has 1 N–H and O–H groups in total. The molecule has 0 fully saturated rings. The molecule has 1 aromatic heterocycles. The number of fused-ring (bicyclic) bond motifs is 3. The zero-order valence-electron chi connectivity index (χ0n) is 9.37. The van der Waals surface area contributed by atoms with E-state index in [9.17, 15) is 4.79 Å². The zero-order valence-corrected chi connectivity index (χ0v) is 9.37.